The Morgan fingerprint density at radius 3 is 2.36 bits per heavy atom. The van der Waals surface area contributed by atoms with Crippen LogP contribution in [0.4, 0.5) is 4.79 Å². The summed E-state index contributed by atoms with van der Waals surface area (Å²) in [4.78, 5) is 58.3. The Morgan fingerprint density at radius 2 is 1.71 bits per heavy atom. The number of amides is 4. The van der Waals surface area contributed by atoms with E-state index in [4.69, 9.17) is 14.2 Å². The van der Waals surface area contributed by atoms with Crippen molar-refractivity contribution in [3.05, 3.63) is 41.5 Å². The van der Waals surface area contributed by atoms with E-state index in [0.29, 0.717) is 25.7 Å². The van der Waals surface area contributed by atoms with Crippen LogP contribution in [0.15, 0.2) is 30.3 Å². The van der Waals surface area contributed by atoms with Gasteiger partial charge in [0.05, 0.1) is 25.5 Å². The Balaban J connectivity index is 1.28. The number of carbonyl (C=O) groups is 4. The molecule has 4 fully saturated rings. The van der Waals surface area contributed by atoms with Crippen molar-refractivity contribution >= 4 is 44.6 Å². The summed E-state index contributed by atoms with van der Waals surface area (Å²) < 4.78 is 45.9. The highest BCUT2D eigenvalue weighted by Gasteiger charge is 2.67. The summed E-state index contributed by atoms with van der Waals surface area (Å²) in [5, 5.41) is 7.14. The van der Waals surface area contributed by atoms with Crippen LogP contribution in [0.1, 0.15) is 104 Å². The maximum Gasteiger partial charge on any atom is 0.407 e. The molecule has 2 heterocycles. The van der Waals surface area contributed by atoms with Crippen molar-refractivity contribution in [3.63, 3.8) is 0 Å². The van der Waals surface area contributed by atoms with Crippen molar-refractivity contribution in [2.24, 2.45) is 22.7 Å². The number of nitrogens with one attached hydrogen (secondary N) is 3. The van der Waals surface area contributed by atoms with Gasteiger partial charge in [-0.25, -0.2) is 13.2 Å². The molecule has 3 N–H and O–H groups in total. The summed E-state index contributed by atoms with van der Waals surface area (Å²) in [5.41, 5.74) is -1.64. The Morgan fingerprint density at radius 1 is 0.982 bits per heavy atom. The number of alkyl carbamates (subject to hydrolysis) is 1. The molecule has 0 radical (unpaired) electrons. The zero-order valence-electron chi connectivity index (χ0n) is 33.8. The maximum absolute atomic E-state index is 14.9. The average molecular weight is 795 g/mol. The summed E-state index contributed by atoms with van der Waals surface area (Å²) >= 11 is 0. The normalized spacial score (nSPS) is 29.8. The molecule has 2 aromatic rings. The largest absolute Gasteiger partial charge is 0.496 e. The number of ether oxygens (including phenoxy) is 3. The van der Waals surface area contributed by atoms with Gasteiger partial charge in [0, 0.05) is 13.5 Å². The van der Waals surface area contributed by atoms with E-state index in [9.17, 15) is 27.6 Å². The lowest BCUT2D eigenvalue weighted by Crippen LogP contribution is -2.60. The SMILES string of the molecule is COc1cc2ccc3cc2cc1CCCC(C)(C)CCOC(=O)N[C@@H](C(C)(C)C)C(=O)N1C[C@@]3(OC)C[C@H]1C(=O)N[C@]1(C(=O)NS(=O)(=O)C2CC2)C[C@@H]1C1CC1. The number of cyclic esters (lactones) is 1. The highest BCUT2D eigenvalue weighted by molar-refractivity contribution is 7.91. The number of methoxy groups -OCH3 is 2. The van der Waals surface area contributed by atoms with Gasteiger partial charge in [-0.3, -0.25) is 19.1 Å². The number of fused-ring (bicyclic) bond motifs is 5. The zero-order valence-corrected chi connectivity index (χ0v) is 34.6. The van der Waals surface area contributed by atoms with Gasteiger partial charge in [0.1, 0.15) is 29.0 Å². The molecule has 0 spiro atoms. The van der Waals surface area contributed by atoms with Crippen LogP contribution in [0.25, 0.3) is 10.8 Å². The lowest BCUT2D eigenvalue weighted by molar-refractivity contribution is -0.143. The summed E-state index contributed by atoms with van der Waals surface area (Å²) in [6.07, 6.45) is 5.61. The number of nitrogens with zero attached hydrogens (tertiary/aromatic N) is 1. The molecule has 13 nitrogen and oxygen atoms in total. The molecule has 2 aromatic carbocycles. The first-order valence-electron chi connectivity index (χ1n) is 20.1. The summed E-state index contributed by atoms with van der Waals surface area (Å²) in [7, 11) is -0.644. The van der Waals surface area contributed by atoms with Crippen LogP contribution in [0.5, 0.6) is 5.75 Å². The summed E-state index contributed by atoms with van der Waals surface area (Å²) in [6, 6.07) is 7.93. The summed E-state index contributed by atoms with van der Waals surface area (Å²) in [6.45, 7) is 9.95. The Hall–Kier alpha value is -3.91. The number of hydrogen-bond donors (Lipinski definition) is 3. The third-order valence-corrected chi connectivity index (χ3v) is 14.7. The van der Waals surface area contributed by atoms with Gasteiger partial charge < -0.3 is 29.7 Å². The van der Waals surface area contributed by atoms with E-state index < -0.39 is 67.7 Å². The van der Waals surface area contributed by atoms with Crippen LogP contribution in [0, 0.1) is 22.7 Å². The molecular formula is C42H58N4O9S. The van der Waals surface area contributed by atoms with Crippen LogP contribution in [0.2, 0.25) is 0 Å². The van der Waals surface area contributed by atoms with E-state index in [-0.39, 0.29) is 36.8 Å². The third-order valence-electron chi connectivity index (χ3n) is 12.9. The van der Waals surface area contributed by atoms with Gasteiger partial charge in [-0.15, -0.1) is 0 Å². The molecule has 2 aliphatic heterocycles. The van der Waals surface area contributed by atoms with E-state index in [2.05, 4.69) is 35.3 Å². The Kier molecular flexibility index (Phi) is 10.4. The first kappa shape index (κ1) is 40.3. The number of carbonyl (C=O) groups excluding carboxylic acids is 4. The van der Waals surface area contributed by atoms with Crippen LogP contribution in [0.3, 0.4) is 0 Å². The fraction of sp³-hybridized carbons (Fsp3) is 0.667. The highest BCUT2D eigenvalue weighted by Crippen LogP contribution is 2.57. The first-order chi connectivity index (χ1) is 26.3. The second-order valence-electron chi connectivity index (χ2n) is 18.7. The van der Waals surface area contributed by atoms with Crippen molar-refractivity contribution in [1.82, 2.24) is 20.3 Å². The summed E-state index contributed by atoms with van der Waals surface area (Å²) in [5.74, 6) is -1.00. The van der Waals surface area contributed by atoms with E-state index >= 15 is 0 Å². The van der Waals surface area contributed by atoms with E-state index in [1.54, 1.807) is 14.2 Å². The number of rotatable bonds is 8. The van der Waals surface area contributed by atoms with Crippen molar-refractivity contribution in [2.45, 2.75) is 127 Å². The van der Waals surface area contributed by atoms with Gasteiger partial charge in [0.25, 0.3) is 5.91 Å². The smallest absolute Gasteiger partial charge is 0.407 e. The molecule has 7 rings (SSSR count). The van der Waals surface area contributed by atoms with E-state index in [1.807, 2.05) is 45.0 Å². The van der Waals surface area contributed by atoms with Gasteiger partial charge in [0.2, 0.25) is 21.8 Å². The van der Waals surface area contributed by atoms with Crippen LogP contribution >= 0.6 is 0 Å². The molecule has 14 heteroatoms. The highest BCUT2D eigenvalue weighted by atomic mass is 32.2. The molecule has 0 aromatic heterocycles. The quantitative estimate of drug-likeness (QED) is 0.330. The molecule has 0 unspecified atom stereocenters. The standard InChI is InChI=1S/C42H58N4O9S/c1-39(2,3)34-36(48)46-24-41(54-7,23-32(46)35(47)44-42(22-31(42)25-10-11-25)37(49)45-56(51,52)30-14-15-30)29-13-12-26-21-33(53-6)27(19-28(26)20-29)9-8-16-40(4,5)17-18-55-38(50)43-34/h12-13,19-21,25,30-32,34H,8-11,14-18,22-24H2,1-7H3,(H,43,50)(H,44,47)(H,45,49)/t31-,32+,34-,41+,42-/m1/s1. The number of aryl methyl sites for hydroxylation is 1. The van der Waals surface area contributed by atoms with Crippen molar-refractivity contribution in [3.8, 4) is 5.75 Å². The predicted octanol–water partition coefficient (Wildman–Crippen LogP) is 5.08. The Bertz CT molecular complexity index is 2020. The second kappa shape index (κ2) is 14.5. The molecular weight excluding hydrogens is 737 g/mol. The monoisotopic (exact) mass is 794 g/mol. The van der Waals surface area contributed by atoms with Crippen LogP contribution in [-0.4, -0.2) is 87.4 Å². The molecule has 56 heavy (non-hydrogen) atoms. The number of sulfonamides is 1. The van der Waals surface area contributed by atoms with Gasteiger partial charge in [-0.05, 0) is 121 Å². The topological polar surface area (TPSA) is 169 Å². The van der Waals surface area contributed by atoms with Crippen molar-refractivity contribution in [1.29, 1.82) is 0 Å². The van der Waals surface area contributed by atoms with Gasteiger partial charge in [0.15, 0.2) is 0 Å². The zero-order chi connectivity index (χ0) is 40.4. The molecule has 5 atom stereocenters. The maximum atomic E-state index is 14.9. The third kappa shape index (κ3) is 7.97. The minimum atomic E-state index is -3.87. The van der Waals surface area contributed by atoms with Gasteiger partial charge in [-0.1, -0.05) is 46.8 Å². The molecule has 3 saturated carbocycles. The van der Waals surface area contributed by atoms with Crippen LogP contribution in [-0.2, 0) is 45.9 Å². The van der Waals surface area contributed by atoms with Crippen molar-refractivity contribution in [2.75, 3.05) is 27.4 Å². The number of hydrogen-bond acceptors (Lipinski definition) is 9. The van der Waals surface area contributed by atoms with Gasteiger partial charge in [-0.2, -0.15) is 0 Å². The fourth-order valence-electron chi connectivity index (χ4n) is 8.88. The fourth-order valence-corrected chi connectivity index (χ4v) is 10.2. The molecule has 306 valence electrons. The van der Waals surface area contributed by atoms with Crippen molar-refractivity contribution < 1.29 is 41.8 Å². The predicted molar refractivity (Wildman–Crippen MR) is 210 cm³/mol. The molecule has 5 aliphatic rings. The minimum Gasteiger partial charge on any atom is -0.496 e. The molecule has 5 bridgehead atoms. The second-order valence-corrected chi connectivity index (χ2v) is 20.7. The lowest BCUT2D eigenvalue weighted by Gasteiger charge is -2.36. The molecule has 4 amide bonds. The minimum absolute atomic E-state index is 0.0201. The Labute approximate surface area is 330 Å². The average Bonchev–Trinajstić information content (AvgIpc) is 4.00. The van der Waals surface area contributed by atoms with Crippen LogP contribution < -0.4 is 20.1 Å². The number of benzene rings is 2. The molecule has 1 saturated heterocycles. The van der Waals surface area contributed by atoms with E-state index in [0.717, 1.165) is 59.8 Å². The van der Waals surface area contributed by atoms with E-state index in [1.165, 1.54) is 4.90 Å². The first-order valence-corrected chi connectivity index (χ1v) is 21.6. The van der Waals surface area contributed by atoms with Gasteiger partial charge >= 0.3 is 6.09 Å². The molecule has 3 aliphatic carbocycles. The lowest BCUT2D eigenvalue weighted by atomic mass is 9.83.